The maximum atomic E-state index is 11.3. The highest BCUT2D eigenvalue weighted by Gasteiger charge is 2.25. The Labute approximate surface area is 104 Å². The van der Waals surface area contributed by atoms with Crippen molar-refractivity contribution in [2.45, 2.75) is 6.10 Å². The second kappa shape index (κ2) is 5.89. The largest absolute Gasteiger partial charge is 0.493 e. The summed E-state index contributed by atoms with van der Waals surface area (Å²) in [5.41, 5.74) is 0.367. The predicted molar refractivity (Wildman–Crippen MR) is 61.2 cm³/mol. The number of aliphatic hydroxyl groups is 1. The first-order valence-corrected chi connectivity index (χ1v) is 5.01. The van der Waals surface area contributed by atoms with Crippen LogP contribution < -0.4 is 9.47 Å². The number of esters is 1. The van der Waals surface area contributed by atoms with Crippen molar-refractivity contribution in [1.82, 2.24) is 0 Å². The molecule has 0 radical (unpaired) electrons. The van der Waals surface area contributed by atoms with Crippen molar-refractivity contribution in [2.24, 2.45) is 0 Å². The molecule has 1 atom stereocenters. The van der Waals surface area contributed by atoms with Crippen LogP contribution in [0.3, 0.4) is 0 Å². The van der Waals surface area contributed by atoms with E-state index in [1.165, 1.54) is 26.4 Å². The molecule has 0 aliphatic heterocycles. The lowest BCUT2D eigenvalue weighted by molar-refractivity contribution is -0.150. The molecule has 0 saturated carbocycles. The van der Waals surface area contributed by atoms with Gasteiger partial charge in [0.2, 0.25) is 0 Å². The third kappa shape index (κ3) is 2.52. The summed E-state index contributed by atoms with van der Waals surface area (Å²) in [5.74, 6) is -0.394. The standard InChI is InChI=1S/C12H13NO5/c1-16-9-5-7(6-13)4-8(11(9)17-2)10(14)12(15)18-3/h4-5,10,14H,1-3H3. The average Bonchev–Trinajstić information content (AvgIpc) is 2.43. The average molecular weight is 251 g/mol. The summed E-state index contributed by atoms with van der Waals surface area (Å²) in [7, 11) is 3.92. The first-order valence-electron chi connectivity index (χ1n) is 5.01. The number of carbonyl (C=O) groups is 1. The van der Waals surface area contributed by atoms with Crippen LogP contribution in [0, 0.1) is 11.3 Å². The number of nitrogens with zero attached hydrogens (tertiary/aromatic N) is 1. The number of ether oxygens (including phenoxy) is 3. The van der Waals surface area contributed by atoms with Crippen LogP contribution in [0.25, 0.3) is 0 Å². The van der Waals surface area contributed by atoms with Crippen molar-refractivity contribution in [3.05, 3.63) is 23.3 Å². The Hall–Kier alpha value is -2.26. The van der Waals surface area contributed by atoms with Gasteiger partial charge >= 0.3 is 5.97 Å². The molecule has 0 heterocycles. The smallest absolute Gasteiger partial charge is 0.339 e. The summed E-state index contributed by atoms with van der Waals surface area (Å²) in [4.78, 5) is 11.3. The summed E-state index contributed by atoms with van der Waals surface area (Å²) in [6, 6.07) is 4.71. The van der Waals surface area contributed by atoms with Crippen molar-refractivity contribution in [3.63, 3.8) is 0 Å². The van der Waals surface area contributed by atoms with Crippen LogP contribution in [-0.2, 0) is 9.53 Å². The molecule has 96 valence electrons. The van der Waals surface area contributed by atoms with Gasteiger partial charge in [0.1, 0.15) is 0 Å². The normalized spacial score (nSPS) is 11.3. The number of aliphatic hydroxyl groups excluding tert-OH is 1. The second-order valence-electron chi connectivity index (χ2n) is 3.34. The van der Waals surface area contributed by atoms with Gasteiger partial charge in [-0.15, -0.1) is 0 Å². The molecule has 0 aromatic heterocycles. The number of hydrogen-bond donors (Lipinski definition) is 1. The molecule has 0 amide bonds. The summed E-state index contributed by atoms with van der Waals surface area (Å²) >= 11 is 0. The highest BCUT2D eigenvalue weighted by Crippen LogP contribution is 2.36. The van der Waals surface area contributed by atoms with Gasteiger partial charge in [-0.3, -0.25) is 0 Å². The zero-order valence-electron chi connectivity index (χ0n) is 10.3. The van der Waals surface area contributed by atoms with Crippen molar-refractivity contribution >= 4 is 5.97 Å². The molecule has 6 nitrogen and oxygen atoms in total. The molecule has 1 aromatic rings. The van der Waals surface area contributed by atoms with E-state index in [1.54, 1.807) is 0 Å². The van der Waals surface area contributed by atoms with Crippen LogP contribution in [0.1, 0.15) is 17.2 Å². The summed E-state index contributed by atoms with van der Waals surface area (Å²) in [5, 5.41) is 18.7. The van der Waals surface area contributed by atoms with E-state index in [0.29, 0.717) is 0 Å². The molecule has 1 N–H and O–H groups in total. The molecule has 0 aliphatic rings. The third-order valence-corrected chi connectivity index (χ3v) is 2.36. The van der Waals surface area contributed by atoms with Gasteiger partial charge in [0.15, 0.2) is 17.6 Å². The molecule has 0 aliphatic carbocycles. The molecule has 0 spiro atoms. The summed E-state index contributed by atoms with van der Waals surface area (Å²) in [6.07, 6.45) is -1.54. The van der Waals surface area contributed by atoms with Gasteiger partial charge in [0, 0.05) is 11.6 Å². The van der Waals surface area contributed by atoms with E-state index in [1.807, 2.05) is 6.07 Å². The van der Waals surface area contributed by atoms with Crippen molar-refractivity contribution < 1.29 is 24.1 Å². The monoisotopic (exact) mass is 251 g/mol. The van der Waals surface area contributed by atoms with Crippen molar-refractivity contribution in [3.8, 4) is 17.6 Å². The van der Waals surface area contributed by atoms with Crippen LogP contribution in [0.2, 0.25) is 0 Å². The zero-order valence-corrected chi connectivity index (χ0v) is 10.3. The molecular weight excluding hydrogens is 238 g/mol. The lowest BCUT2D eigenvalue weighted by Crippen LogP contribution is -2.15. The fourth-order valence-corrected chi connectivity index (χ4v) is 1.50. The number of rotatable bonds is 4. The third-order valence-electron chi connectivity index (χ3n) is 2.36. The number of hydrogen-bond acceptors (Lipinski definition) is 6. The van der Waals surface area contributed by atoms with E-state index in [0.717, 1.165) is 7.11 Å². The van der Waals surface area contributed by atoms with E-state index in [9.17, 15) is 9.90 Å². The second-order valence-corrected chi connectivity index (χ2v) is 3.34. The van der Waals surface area contributed by atoms with Gasteiger partial charge in [-0.05, 0) is 6.07 Å². The highest BCUT2D eigenvalue weighted by molar-refractivity contribution is 5.78. The van der Waals surface area contributed by atoms with Crippen molar-refractivity contribution in [2.75, 3.05) is 21.3 Å². The summed E-state index contributed by atoms with van der Waals surface area (Å²) < 4.78 is 14.6. The fraction of sp³-hybridized carbons (Fsp3) is 0.333. The predicted octanol–water partition coefficient (Wildman–Crippen LogP) is 0.782. The van der Waals surface area contributed by atoms with E-state index in [2.05, 4.69) is 4.74 Å². The number of benzene rings is 1. The van der Waals surface area contributed by atoms with Gasteiger partial charge in [0.25, 0.3) is 0 Å². The molecule has 1 aromatic carbocycles. The topological polar surface area (TPSA) is 88.8 Å². The molecular formula is C12H13NO5. The van der Waals surface area contributed by atoms with Crippen LogP contribution >= 0.6 is 0 Å². The van der Waals surface area contributed by atoms with E-state index in [-0.39, 0.29) is 22.6 Å². The van der Waals surface area contributed by atoms with Crippen LogP contribution in [0.15, 0.2) is 12.1 Å². The highest BCUT2D eigenvalue weighted by atomic mass is 16.5. The molecule has 0 saturated heterocycles. The van der Waals surface area contributed by atoms with E-state index >= 15 is 0 Å². The van der Waals surface area contributed by atoms with Crippen LogP contribution in [-0.4, -0.2) is 32.4 Å². The molecule has 1 rings (SSSR count). The molecule has 0 bridgehead atoms. The van der Waals surface area contributed by atoms with E-state index in [4.69, 9.17) is 14.7 Å². The maximum absolute atomic E-state index is 11.3. The minimum atomic E-state index is -1.54. The van der Waals surface area contributed by atoms with Crippen molar-refractivity contribution in [1.29, 1.82) is 5.26 Å². The van der Waals surface area contributed by atoms with Gasteiger partial charge in [-0.25, -0.2) is 4.79 Å². The quantitative estimate of drug-likeness (QED) is 0.795. The zero-order chi connectivity index (χ0) is 13.7. The Bertz CT molecular complexity index is 492. The Morgan fingerprint density at radius 2 is 2.00 bits per heavy atom. The van der Waals surface area contributed by atoms with Gasteiger partial charge in [-0.1, -0.05) is 0 Å². The minimum absolute atomic E-state index is 0.125. The molecule has 1 unspecified atom stereocenters. The lowest BCUT2D eigenvalue weighted by Gasteiger charge is -2.16. The maximum Gasteiger partial charge on any atom is 0.339 e. The number of methoxy groups -OCH3 is 3. The van der Waals surface area contributed by atoms with Gasteiger partial charge in [0.05, 0.1) is 33.0 Å². The SMILES string of the molecule is COC(=O)C(O)c1cc(C#N)cc(OC)c1OC. The molecule has 0 fully saturated rings. The Morgan fingerprint density at radius 1 is 1.33 bits per heavy atom. The van der Waals surface area contributed by atoms with Crippen LogP contribution in [0.4, 0.5) is 0 Å². The number of carbonyl (C=O) groups excluding carboxylic acids is 1. The first kappa shape index (κ1) is 13.8. The fourth-order valence-electron chi connectivity index (χ4n) is 1.50. The first-order chi connectivity index (χ1) is 8.58. The molecule has 18 heavy (non-hydrogen) atoms. The Kier molecular flexibility index (Phi) is 4.52. The van der Waals surface area contributed by atoms with E-state index < -0.39 is 12.1 Å². The minimum Gasteiger partial charge on any atom is -0.493 e. The summed E-state index contributed by atoms with van der Waals surface area (Å²) in [6.45, 7) is 0. The molecule has 6 heteroatoms. The van der Waals surface area contributed by atoms with Crippen LogP contribution in [0.5, 0.6) is 11.5 Å². The Balaban J connectivity index is 3.40. The van der Waals surface area contributed by atoms with Gasteiger partial charge < -0.3 is 19.3 Å². The van der Waals surface area contributed by atoms with Gasteiger partial charge in [-0.2, -0.15) is 5.26 Å². The Morgan fingerprint density at radius 3 is 2.44 bits per heavy atom. The lowest BCUT2D eigenvalue weighted by atomic mass is 10.0. The number of nitriles is 1.